The summed E-state index contributed by atoms with van der Waals surface area (Å²) in [5, 5.41) is 3.27. The molecule has 0 radical (unpaired) electrons. The molecule has 3 amide bonds. The topological polar surface area (TPSA) is 65.0 Å². The van der Waals surface area contributed by atoms with Crippen LogP contribution in [0.5, 0.6) is 0 Å². The van der Waals surface area contributed by atoms with Crippen molar-refractivity contribution in [2.24, 2.45) is 10.9 Å². The molecule has 2 aliphatic rings. The van der Waals surface area contributed by atoms with Crippen LogP contribution in [0.25, 0.3) is 0 Å². The maximum Gasteiger partial charge on any atom is 0.325 e. The highest BCUT2D eigenvalue weighted by atomic mass is 32.2. The van der Waals surface area contributed by atoms with Crippen LogP contribution in [0.1, 0.15) is 25.0 Å². The minimum Gasteiger partial charge on any atom is -0.331 e. The first kappa shape index (κ1) is 17.8. The Kier molecular flexibility index (Phi) is 5.03. The van der Waals surface area contributed by atoms with E-state index in [1.54, 1.807) is 18.8 Å². The number of carbonyl (C=O) groups excluding carboxylic acids is 2. The van der Waals surface area contributed by atoms with Gasteiger partial charge in [-0.1, -0.05) is 55.4 Å². The third-order valence-corrected chi connectivity index (χ3v) is 5.74. The van der Waals surface area contributed by atoms with Gasteiger partial charge in [-0.05, 0) is 18.4 Å². The van der Waals surface area contributed by atoms with Gasteiger partial charge in [0.15, 0.2) is 17.4 Å². The number of hydrogen-bond donors (Lipinski definition) is 1. The summed E-state index contributed by atoms with van der Waals surface area (Å²) in [4.78, 5) is 32.7. The lowest BCUT2D eigenvalue weighted by Crippen LogP contribution is -2.63. The van der Waals surface area contributed by atoms with Gasteiger partial charge in [-0.2, -0.15) is 0 Å². The number of hydrogen-bond acceptors (Lipinski definition) is 5. The second-order valence-electron chi connectivity index (χ2n) is 7.00. The second-order valence-corrected chi connectivity index (χ2v) is 7.98. The summed E-state index contributed by atoms with van der Waals surface area (Å²) in [6, 6.07) is 7.39. The molecule has 0 saturated carbocycles. The van der Waals surface area contributed by atoms with E-state index >= 15 is 0 Å². The lowest BCUT2D eigenvalue weighted by atomic mass is 10.1. The number of aryl methyl sites for hydroxylation is 1. The third-order valence-electron chi connectivity index (χ3n) is 4.30. The van der Waals surface area contributed by atoms with Crippen molar-refractivity contribution < 1.29 is 9.59 Å². The Morgan fingerprint density at radius 3 is 2.76 bits per heavy atom. The molecule has 3 rings (SSSR count). The van der Waals surface area contributed by atoms with Crippen LogP contribution in [0.4, 0.5) is 4.79 Å². The van der Waals surface area contributed by atoms with Crippen LogP contribution in [-0.2, 0) is 11.3 Å². The third kappa shape index (κ3) is 3.66. The lowest BCUT2D eigenvalue weighted by molar-refractivity contribution is -0.127. The molecule has 2 heterocycles. The van der Waals surface area contributed by atoms with Crippen molar-refractivity contribution in [3.05, 3.63) is 35.4 Å². The van der Waals surface area contributed by atoms with Crippen molar-refractivity contribution in [3.8, 4) is 0 Å². The van der Waals surface area contributed by atoms with Gasteiger partial charge in [0.25, 0.3) is 5.91 Å². The fraction of sp³-hybridized carbons (Fsp3) is 0.500. The van der Waals surface area contributed by atoms with Gasteiger partial charge in [0.1, 0.15) is 0 Å². The number of amides is 3. The Bertz CT molecular complexity index is 719. The van der Waals surface area contributed by atoms with Gasteiger partial charge in [-0.15, -0.1) is 0 Å². The van der Waals surface area contributed by atoms with E-state index in [1.807, 2.05) is 11.0 Å². The first-order valence-electron chi connectivity index (χ1n) is 8.47. The van der Waals surface area contributed by atoms with E-state index in [0.29, 0.717) is 12.5 Å². The summed E-state index contributed by atoms with van der Waals surface area (Å²) in [5.41, 5.74) is 2.31. The number of carbonyl (C=O) groups is 2. The predicted molar refractivity (Wildman–Crippen MR) is 100 cm³/mol. The molecule has 6 nitrogen and oxygen atoms in total. The van der Waals surface area contributed by atoms with Gasteiger partial charge in [-0.3, -0.25) is 10.1 Å². The number of thioether (sulfide) groups is 1. The molecule has 25 heavy (non-hydrogen) atoms. The number of amidine groups is 1. The number of nitrogens with zero attached hydrogens (tertiary/aromatic N) is 3. The van der Waals surface area contributed by atoms with E-state index in [0.717, 1.165) is 16.5 Å². The molecule has 2 aliphatic heterocycles. The zero-order valence-electron chi connectivity index (χ0n) is 15.0. The Morgan fingerprint density at radius 2 is 2.08 bits per heavy atom. The predicted octanol–water partition coefficient (Wildman–Crippen LogP) is 2.43. The molecule has 0 spiro atoms. The number of urea groups is 1. The quantitative estimate of drug-likeness (QED) is 0.896. The fourth-order valence-electron chi connectivity index (χ4n) is 3.04. The number of benzene rings is 1. The summed E-state index contributed by atoms with van der Waals surface area (Å²) in [6.07, 6.45) is -0.458. The van der Waals surface area contributed by atoms with Gasteiger partial charge in [0.2, 0.25) is 0 Å². The fourth-order valence-corrected chi connectivity index (χ4v) is 4.04. The number of rotatable bonds is 4. The SMILES string of the molecule is Cc1cccc(CN2C(SCC(C)C)=NC3C2C(=O)NC(=O)N3C)c1. The summed E-state index contributed by atoms with van der Waals surface area (Å²) in [7, 11) is 1.68. The van der Waals surface area contributed by atoms with Crippen LogP contribution >= 0.6 is 11.8 Å². The van der Waals surface area contributed by atoms with Gasteiger partial charge in [-0.25, -0.2) is 9.79 Å². The van der Waals surface area contributed by atoms with Crippen molar-refractivity contribution in [2.75, 3.05) is 12.8 Å². The van der Waals surface area contributed by atoms with Crippen molar-refractivity contribution in [2.45, 2.75) is 39.5 Å². The van der Waals surface area contributed by atoms with Crippen molar-refractivity contribution in [3.63, 3.8) is 0 Å². The molecular formula is C18H24N4O2S. The monoisotopic (exact) mass is 360 g/mol. The Morgan fingerprint density at radius 1 is 1.32 bits per heavy atom. The molecule has 1 aromatic carbocycles. The van der Waals surface area contributed by atoms with Crippen molar-refractivity contribution in [1.82, 2.24) is 15.1 Å². The standard InChI is InChI=1S/C18H24N4O2S/c1-11(2)10-25-18-19-15-14(16(23)20-17(24)21(15)4)22(18)9-13-7-5-6-12(3)8-13/h5-8,11,14-15H,9-10H2,1-4H3,(H,20,23,24). The Hall–Kier alpha value is -2.02. The van der Waals surface area contributed by atoms with Crippen LogP contribution in [0.2, 0.25) is 0 Å². The summed E-state index contributed by atoms with van der Waals surface area (Å²) >= 11 is 1.65. The number of fused-ring (bicyclic) bond motifs is 1. The van der Waals surface area contributed by atoms with Gasteiger partial charge >= 0.3 is 6.03 Å². The van der Waals surface area contributed by atoms with E-state index in [-0.39, 0.29) is 11.9 Å². The zero-order valence-corrected chi connectivity index (χ0v) is 15.8. The van der Waals surface area contributed by atoms with E-state index in [4.69, 9.17) is 4.99 Å². The van der Waals surface area contributed by atoms with E-state index in [9.17, 15) is 9.59 Å². The molecule has 1 N–H and O–H groups in total. The summed E-state index contributed by atoms with van der Waals surface area (Å²) in [6.45, 7) is 6.96. The molecule has 7 heteroatoms. The number of aliphatic imine (C=N–C) groups is 1. The molecule has 1 fully saturated rings. The maximum atomic E-state index is 12.5. The minimum atomic E-state index is -0.474. The second kappa shape index (κ2) is 7.07. The van der Waals surface area contributed by atoms with Crippen LogP contribution in [0.3, 0.4) is 0 Å². The maximum absolute atomic E-state index is 12.5. The molecule has 0 bridgehead atoms. The van der Waals surface area contributed by atoms with E-state index < -0.39 is 12.2 Å². The lowest BCUT2D eigenvalue weighted by Gasteiger charge is -2.36. The molecule has 1 saturated heterocycles. The molecule has 0 aromatic heterocycles. The number of likely N-dealkylation sites (N-methyl/N-ethyl adjacent to an activating group) is 1. The number of imide groups is 1. The smallest absolute Gasteiger partial charge is 0.325 e. The summed E-state index contributed by atoms with van der Waals surface area (Å²) < 4.78 is 0. The number of nitrogens with one attached hydrogen (secondary N) is 1. The Balaban J connectivity index is 1.89. The highest BCUT2D eigenvalue weighted by molar-refractivity contribution is 8.13. The van der Waals surface area contributed by atoms with Gasteiger partial charge < -0.3 is 9.80 Å². The van der Waals surface area contributed by atoms with Crippen LogP contribution in [0.15, 0.2) is 29.3 Å². The van der Waals surface area contributed by atoms with Crippen LogP contribution in [0, 0.1) is 12.8 Å². The molecule has 2 atom stereocenters. The summed E-state index contributed by atoms with van der Waals surface area (Å²) in [5.74, 6) is 1.16. The first-order chi connectivity index (χ1) is 11.9. The largest absolute Gasteiger partial charge is 0.331 e. The highest BCUT2D eigenvalue weighted by Gasteiger charge is 2.48. The van der Waals surface area contributed by atoms with Crippen molar-refractivity contribution >= 4 is 28.9 Å². The average Bonchev–Trinajstić information content (AvgIpc) is 2.90. The van der Waals surface area contributed by atoms with Crippen LogP contribution in [-0.4, -0.2) is 51.9 Å². The molecule has 2 unspecified atom stereocenters. The first-order valence-corrected chi connectivity index (χ1v) is 9.46. The van der Waals surface area contributed by atoms with E-state index in [1.165, 1.54) is 10.5 Å². The molecule has 134 valence electrons. The molecule has 1 aromatic rings. The highest BCUT2D eigenvalue weighted by Crippen LogP contribution is 2.30. The van der Waals surface area contributed by atoms with Crippen LogP contribution < -0.4 is 5.32 Å². The average molecular weight is 360 g/mol. The van der Waals surface area contributed by atoms with E-state index in [2.05, 4.69) is 44.3 Å². The van der Waals surface area contributed by atoms with Gasteiger partial charge in [0, 0.05) is 19.3 Å². The molecular weight excluding hydrogens is 336 g/mol. The van der Waals surface area contributed by atoms with Gasteiger partial charge in [0.05, 0.1) is 0 Å². The molecule has 0 aliphatic carbocycles. The normalized spacial score (nSPS) is 23.0. The zero-order chi connectivity index (χ0) is 18.1. The van der Waals surface area contributed by atoms with Crippen molar-refractivity contribution in [1.29, 1.82) is 0 Å². The minimum absolute atomic E-state index is 0.273. The Labute approximate surface area is 152 Å².